The maximum absolute atomic E-state index is 10.4. The van der Waals surface area contributed by atoms with E-state index in [2.05, 4.69) is 11.7 Å². The first-order valence-electron chi connectivity index (χ1n) is 5.59. The lowest BCUT2D eigenvalue weighted by Gasteiger charge is -1.92. The second kappa shape index (κ2) is 9.25. The van der Waals surface area contributed by atoms with Crippen molar-refractivity contribution >= 4 is 20.2 Å². The van der Waals surface area contributed by atoms with Gasteiger partial charge in [0.1, 0.15) is 0 Å². The van der Waals surface area contributed by atoms with Gasteiger partial charge in [0.05, 0.1) is 9.79 Å². The molecule has 8 nitrogen and oxygen atoms in total. The maximum atomic E-state index is 10.4. The predicted molar refractivity (Wildman–Crippen MR) is 80.9 cm³/mol. The lowest BCUT2D eigenvalue weighted by atomic mass is 10.4. The Balaban J connectivity index is 0.000000360. The third-order valence-electron chi connectivity index (χ3n) is 2.08. The number of hydrogen-bond acceptors (Lipinski definition) is 6. The fourth-order valence-electron chi connectivity index (χ4n) is 1.18. The van der Waals surface area contributed by atoms with Crippen LogP contribution in [0.25, 0.3) is 0 Å². The van der Waals surface area contributed by atoms with Gasteiger partial charge < -0.3 is 0 Å². The largest absolute Gasteiger partial charge is 0.294 e. The van der Waals surface area contributed by atoms with E-state index in [0.717, 1.165) is 0 Å². The summed E-state index contributed by atoms with van der Waals surface area (Å²) >= 11 is 0. The topological polar surface area (TPSA) is 161 Å². The standard InChI is InChI=1S/2C6H6O3S.H4N2/c2*7-10(8,9)6-4-2-1-3-5-6;1-2/h2*1-5H,(H,7,8,9);1-2H2. The summed E-state index contributed by atoms with van der Waals surface area (Å²) in [4.78, 5) is -0.148. The summed E-state index contributed by atoms with van der Waals surface area (Å²) in [6, 6.07) is 14.8. The molecule has 0 fully saturated rings. The van der Waals surface area contributed by atoms with Crippen molar-refractivity contribution in [1.29, 1.82) is 0 Å². The van der Waals surface area contributed by atoms with Crippen LogP contribution in [0.3, 0.4) is 0 Å². The van der Waals surface area contributed by atoms with Crippen LogP contribution >= 0.6 is 0 Å². The Morgan fingerprint density at radius 1 is 0.591 bits per heavy atom. The average molecular weight is 348 g/mol. The molecule has 0 bridgehead atoms. The van der Waals surface area contributed by atoms with E-state index in [0.29, 0.717) is 0 Å². The molecule has 0 heterocycles. The quantitative estimate of drug-likeness (QED) is 0.350. The minimum Gasteiger partial charge on any atom is -0.282 e. The van der Waals surface area contributed by atoms with Crippen molar-refractivity contribution in [2.24, 2.45) is 11.7 Å². The van der Waals surface area contributed by atoms with Crippen LogP contribution in [-0.2, 0) is 20.2 Å². The highest BCUT2D eigenvalue weighted by atomic mass is 32.2. The van der Waals surface area contributed by atoms with Gasteiger partial charge in [0.2, 0.25) is 0 Å². The van der Waals surface area contributed by atoms with Crippen LogP contribution in [0.5, 0.6) is 0 Å². The first kappa shape index (κ1) is 20.2. The van der Waals surface area contributed by atoms with E-state index in [4.69, 9.17) is 9.11 Å². The fourth-order valence-corrected chi connectivity index (χ4v) is 2.19. The number of benzene rings is 2. The summed E-state index contributed by atoms with van der Waals surface area (Å²) < 4.78 is 58.5. The molecule has 0 aliphatic heterocycles. The molecule has 10 heteroatoms. The lowest BCUT2D eigenvalue weighted by Crippen LogP contribution is -2.02. The van der Waals surface area contributed by atoms with E-state index in [9.17, 15) is 16.8 Å². The van der Waals surface area contributed by atoms with Gasteiger partial charge in [-0.3, -0.25) is 20.8 Å². The zero-order valence-electron chi connectivity index (χ0n) is 11.3. The Morgan fingerprint density at radius 3 is 0.955 bits per heavy atom. The number of hydrazine groups is 1. The van der Waals surface area contributed by atoms with Crippen LogP contribution < -0.4 is 11.7 Å². The second-order valence-electron chi connectivity index (χ2n) is 3.58. The van der Waals surface area contributed by atoms with E-state index < -0.39 is 20.2 Å². The van der Waals surface area contributed by atoms with E-state index in [-0.39, 0.29) is 9.79 Å². The van der Waals surface area contributed by atoms with Crippen molar-refractivity contribution in [2.45, 2.75) is 9.79 Å². The average Bonchev–Trinajstić information content (AvgIpc) is 2.50. The molecule has 2 aromatic rings. The van der Waals surface area contributed by atoms with Crippen molar-refractivity contribution < 1.29 is 25.9 Å². The Labute approximate surface area is 128 Å². The highest BCUT2D eigenvalue weighted by molar-refractivity contribution is 7.86. The molecule has 0 aliphatic rings. The molecular weight excluding hydrogens is 332 g/mol. The molecule has 2 aromatic carbocycles. The van der Waals surface area contributed by atoms with Gasteiger partial charge in [-0.2, -0.15) is 16.8 Å². The van der Waals surface area contributed by atoms with E-state index in [1.165, 1.54) is 24.3 Å². The molecule has 122 valence electrons. The van der Waals surface area contributed by atoms with Gasteiger partial charge in [-0.1, -0.05) is 36.4 Å². The summed E-state index contributed by atoms with van der Waals surface area (Å²) in [6.45, 7) is 0. The van der Waals surface area contributed by atoms with Crippen LogP contribution in [0.2, 0.25) is 0 Å². The summed E-state index contributed by atoms with van der Waals surface area (Å²) in [6.07, 6.45) is 0. The SMILES string of the molecule is NN.O=S(=O)(O)c1ccccc1.O=S(=O)(O)c1ccccc1. The molecule has 6 N–H and O–H groups in total. The van der Waals surface area contributed by atoms with Gasteiger partial charge in [-0.25, -0.2) is 0 Å². The zero-order valence-corrected chi connectivity index (χ0v) is 12.9. The molecule has 0 saturated heterocycles. The number of rotatable bonds is 2. The third kappa shape index (κ3) is 7.83. The van der Waals surface area contributed by atoms with Crippen LogP contribution in [0.15, 0.2) is 70.5 Å². The minimum atomic E-state index is -4.00. The van der Waals surface area contributed by atoms with Gasteiger partial charge in [-0.05, 0) is 24.3 Å². The van der Waals surface area contributed by atoms with Crippen molar-refractivity contribution in [1.82, 2.24) is 0 Å². The summed E-state index contributed by atoms with van der Waals surface area (Å²) in [5.74, 6) is 8.00. The lowest BCUT2D eigenvalue weighted by molar-refractivity contribution is 0.481. The van der Waals surface area contributed by atoms with E-state index in [1.54, 1.807) is 36.4 Å². The smallest absolute Gasteiger partial charge is 0.282 e. The van der Waals surface area contributed by atoms with E-state index in [1.807, 2.05) is 0 Å². The zero-order chi connectivity index (χ0) is 17.2. The first-order chi connectivity index (χ1) is 10.2. The van der Waals surface area contributed by atoms with Crippen molar-refractivity contribution in [3.63, 3.8) is 0 Å². The van der Waals surface area contributed by atoms with Gasteiger partial charge in [0.15, 0.2) is 0 Å². The monoisotopic (exact) mass is 348 g/mol. The molecule has 0 aliphatic carbocycles. The van der Waals surface area contributed by atoms with Gasteiger partial charge in [0, 0.05) is 0 Å². The van der Waals surface area contributed by atoms with Crippen LogP contribution in [0, 0.1) is 0 Å². The number of nitrogens with two attached hydrogens (primary N) is 2. The normalized spacial score (nSPS) is 10.5. The highest BCUT2D eigenvalue weighted by Gasteiger charge is 2.06. The summed E-state index contributed by atoms with van der Waals surface area (Å²) in [5.41, 5.74) is 0. The predicted octanol–water partition coefficient (Wildman–Crippen LogP) is 0.685. The molecule has 0 aromatic heterocycles. The third-order valence-corrected chi connectivity index (χ3v) is 3.82. The maximum Gasteiger partial charge on any atom is 0.294 e. The molecule has 22 heavy (non-hydrogen) atoms. The van der Waals surface area contributed by atoms with Gasteiger partial charge >= 0.3 is 0 Å². The minimum absolute atomic E-state index is 0.0741. The highest BCUT2D eigenvalue weighted by Crippen LogP contribution is 2.05. The molecule has 0 spiro atoms. The van der Waals surface area contributed by atoms with Crippen molar-refractivity contribution in [2.75, 3.05) is 0 Å². The van der Waals surface area contributed by atoms with Crippen molar-refractivity contribution in [3.05, 3.63) is 60.7 Å². The van der Waals surface area contributed by atoms with Gasteiger partial charge in [0.25, 0.3) is 20.2 Å². The number of hydrogen-bond donors (Lipinski definition) is 4. The molecule has 0 radical (unpaired) electrons. The second-order valence-corrected chi connectivity index (χ2v) is 6.42. The molecule has 0 saturated carbocycles. The Kier molecular flexibility index (Phi) is 8.48. The van der Waals surface area contributed by atoms with Crippen LogP contribution in [-0.4, -0.2) is 25.9 Å². The molecule has 0 atom stereocenters. The summed E-state index contributed by atoms with van der Waals surface area (Å²) in [7, 11) is -8.01. The summed E-state index contributed by atoms with van der Waals surface area (Å²) in [5, 5.41) is 0. The Morgan fingerprint density at radius 2 is 0.818 bits per heavy atom. The van der Waals surface area contributed by atoms with Gasteiger partial charge in [-0.15, -0.1) is 0 Å². The molecular formula is C12H16N2O6S2. The first-order valence-corrected chi connectivity index (χ1v) is 8.47. The molecule has 2 rings (SSSR count). The van der Waals surface area contributed by atoms with E-state index >= 15 is 0 Å². The van der Waals surface area contributed by atoms with Crippen LogP contribution in [0.4, 0.5) is 0 Å². The van der Waals surface area contributed by atoms with Crippen molar-refractivity contribution in [3.8, 4) is 0 Å². The Bertz CT molecular complexity index is 679. The molecule has 0 amide bonds. The fraction of sp³-hybridized carbons (Fsp3) is 0. The molecule has 0 unspecified atom stereocenters. The Hall–Kier alpha value is -1.82. The van der Waals surface area contributed by atoms with Crippen LogP contribution in [0.1, 0.15) is 0 Å².